The van der Waals surface area contributed by atoms with E-state index in [9.17, 15) is 14.9 Å². The molecular weight excluding hydrogens is 494 g/mol. The fourth-order valence-electron chi connectivity index (χ4n) is 5.11. The Morgan fingerprint density at radius 2 is 1.64 bits per heavy atom. The summed E-state index contributed by atoms with van der Waals surface area (Å²) in [5.41, 5.74) is 5.48. The van der Waals surface area contributed by atoms with E-state index >= 15 is 0 Å². The van der Waals surface area contributed by atoms with Crippen molar-refractivity contribution in [3.8, 4) is 5.69 Å². The van der Waals surface area contributed by atoms with Crippen LogP contribution in [-0.2, 0) is 0 Å². The summed E-state index contributed by atoms with van der Waals surface area (Å²) in [5.74, 6) is -0.412. The minimum Gasteiger partial charge on any atom is -0.372 e. The van der Waals surface area contributed by atoms with Gasteiger partial charge in [-0.25, -0.2) is 0 Å². The van der Waals surface area contributed by atoms with E-state index in [1.807, 2.05) is 30.0 Å². The molecular formula is C29H33N7O3. The van der Waals surface area contributed by atoms with Crippen LogP contribution in [0.15, 0.2) is 54.6 Å². The molecule has 1 aromatic heterocycles. The first-order valence-electron chi connectivity index (χ1n) is 13.5. The van der Waals surface area contributed by atoms with Crippen molar-refractivity contribution < 1.29 is 9.72 Å². The van der Waals surface area contributed by atoms with Crippen molar-refractivity contribution in [1.82, 2.24) is 15.0 Å². The third kappa shape index (κ3) is 5.41. The lowest BCUT2D eigenvalue weighted by Crippen LogP contribution is -2.30. The molecule has 5 rings (SSSR count). The van der Waals surface area contributed by atoms with Crippen LogP contribution in [0.1, 0.15) is 49.0 Å². The highest BCUT2D eigenvalue weighted by molar-refractivity contribution is 6.06. The number of nitrogens with zero attached hydrogens (tertiary/aromatic N) is 6. The number of amides is 1. The quantitative estimate of drug-likeness (QED) is 0.230. The van der Waals surface area contributed by atoms with Gasteiger partial charge in [0.05, 0.1) is 10.6 Å². The van der Waals surface area contributed by atoms with Crippen LogP contribution in [0.3, 0.4) is 0 Å². The molecule has 1 aliphatic rings. The lowest BCUT2D eigenvalue weighted by Gasteiger charge is -2.28. The van der Waals surface area contributed by atoms with E-state index in [2.05, 4.69) is 46.4 Å². The van der Waals surface area contributed by atoms with Crippen LogP contribution >= 0.6 is 0 Å². The molecule has 10 nitrogen and oxygen atoms in total. The number of hydrogen-bond acceptors (Lipinski definition) is 7. The van der Waals surface area contributed by atoms with E-state index in [4.69, 9.17) is 0 Å². The van der Waals surface area contributed by atoms with Crippen molar-refractivity contribution >= 4 is 39.7 Å². The van der Waals surface area contributed by atoms with Crippen molar-refractivity contribution in [1.29, 1.82) is 0 Å². The van der Waals surface area contributed by atoms with Gasteiger partial charge >= 0.3 is 0 Å². The fourth-order valence-corrected chi connectivity index (χ4v) is 5.11. The van der Waals surface area contributed by atoms with Gasteiger partial charge in [0.2, 0.25) is 0 Å². The van der Waals surface area contributed by atoms with Crippen LogP contribution in [0.4, 0.5) is 22.7 Å². The SMILES string of the molecule is CCN(CC)c1ccc(-n2nc3cc(C)c(NC(=O)c4ccc(N5CCCCC5)c([N+](=O)[O-])c4)cc3n2)cc1. The van der Waals surface area contributed by atoms with Crippen LogP contribution in [0.5, 0.6) is 0 Å². The number of anilines is 3. The maximum atomic E-state index is 13.1. The van der Waals surface area contributed by atoms with Gasteiger partial charge in [0.1, 0.15) is 16.7 Å². The zero-order chi connectivity index (χ0) is 27.5. The first kappa shape index (κ1) is 26.1. The van der Waals surface area contributed by atoms with E-state index in [0.717, 1.165) is 62.4 Å². The molecule has 10 heteroatoms. The standard InChI is InChI=1S/C29H33N7O3/c1-4-33(5-2)22-10-12-23(13-11-22)35-31-25-17-20(3)24(19-26(25)32-35)30-29(37)21-9-14-27(28(18-21)36(38)39)34-15-7-6-8-16-34/h9-14,17-19H,4-8,15-16H2,1-3H3,(H,30,37). The maximum Gasteiger partial charge on any atom is 0.293 e. The molecule has 0 atom stereocenters. The average molecular weight is 528 g/mol. The third-order valence-corrected chi connectivity index (χ3v) is 7.31. The van der Waals surface area contributed by atoms with Gasteiger partial charge in [0, 0.05) is 49.2 Å². The van der Waals surface area contributed by atoms with Crippen molar-refractivity contribution in [2.24, 2.45) is 0 Å². The predicted octanol–water partition coefficient (Wildman–Crippen LogP) is 5.73. The minimum absolute atomic E-state index is 0.0494. The molecule has 202 valence electrons. The molecule has 3 aromatic carbocycles. The first-order chi connectivity index (χ1) is 18.9. The number of nitro benzene ring substituents is 1. The summed E-state index contributed by atoms with van der Waals surface area (Å²) in [6, 6.07) is 16.5. The zero-order valence-electron chi connectivity index (χ0n) is 22.6. The molecule has 1 amide bonds. The summed E-state index contributed by atoms with van der Waals surface area (Å²) in [7, 11) is 0. The number of nitrogens with one attached hydrogen (secondary N) is 1. The Hall–Kier alpha value is -4.47. The second-order valence-corrected chi connectivity index (χ2v) is 9.80. The van der Waals surface area contributed by atoms with Gasteiger partial charge < -0.3 is 15.1 Å². The molecule has 0 bridgehead atoms. The Morgan fingerprint density at radius 3 is 2.28 bits per heavy atom. The van der Waals surface area contributed by atoms with Crippen LogP contribution < -0.4 is 15.1 Å². The first-order valence-corrected chi connectivity index (χ1v) is 13.5. The highest BCUT2D eigenvalue weighted by atomic mass is 16.6. The number of carbonyl (C=O) groups is 1. The predicted molar refractivity (Wildman–Crippen MR) is 154 cm³/mol. The number of aryl methyl sites for hydroxylation is 1. The number of benzene rings is 3. The lowest BCUT2D eigenvalue weighted by atomic mass is 10.1. The molecule has 0 radical (unpaired) electrons. The van der Waals surface area contributed by atoms with E-state index in [1.165, 1.54) is 6.07 Å². The summed E-state index contributed by atoms with van der Waals surface area (Å²) in [6.45, 7) is 9.58. The smallest absolute Gasteiger partial charge is 0.293 e. The van der Waals surface area contributed by atoms with Crippen molar-refractivity contribution in [2.45, 2.75) is 40.0 Å². The van der Waals surface area contributed by atoms with Gasteiger partial charge in [0.25, 0.3) is 11.6 Å². The molecule has 4 aromatic rings. The lowest BCUT2D eigenvalue weighted by molar-refractivity contribution is -0.384. The molecule has 0 saturated carbocycles. The van der Waals surface area contributed by atoms with Gasteiger partial charge in [-0.05, 0) is 94.1 Å². The van der Waals surface area contributed by atoms with Gasteiger partial charge in [-0.15, -0.1) is 10.2 Å². The van der Waals surface area contributed by atoms with Crippen molar-refractivity contribution in [2.75, 3.05) is 41.3 Å². The maximum absolute atomic E-state index is 13.1. The number of hydrogen-bond donors (Lipinski definition) is 1. The van der Waals surface area contributed by atoms with Crippen molar-refractivity contribution in [3.63, 3.8) is 0 Å². The molecule has 0 unspecified atom stereocenters. The Bertz CT molecular complexity index is 1500. The van der Waals surface area contributed by atoms with Gasteiger partial charge in [0.15, 0.2) is 0 Å². The second-order valence-electron chi connectivity index (χ2n) is 9.80. The Labute approximate surface area is 227 Å². The molecule has 0 spiro atoms. The summed E-state index contributed by atoms with van der Waals surface area (Å²) >= 11 is 0. The largest absolute Gasteiger partial charge is 0.372 e. The molecule has 1 aliphatic heterocycles. The normalized spacial score (nSPS) is 13.5. The van der Waals surface area contributed by atoms with E-state index in [0.29, 0.717) is 22.4 Å². The van der Waals surface area contributed by atoms with Crippen LogP contribution in [-0.4, -0.2) is 52.0 Å². The Kier molecular flexibility index (Phi) is 7.44. The molecule has 0 aliphatic carbocycles. The van der Waals surface area contributed by atoms with Crippen LogP contribution in [0, 0.1) is 17.0 Å². The van der Waals surface area contributed by atoms with E-state index in [1.54, 1.807) is 23.0 Å². The second kappa shape index (κ2) is 11.1. The number of piperidine rings is 1. The van der Waals surface area contributed by atoms with Gasteiger partial charge in [-0.1, -0.05) is 0 Å². The molecule has 1 N–H and O–H groups in total. The summed E-state index contributed by atoms with van der Waals surface area (Å²) < 4.78 is 0. The minimum atomic E-state index is -0.412. The summed E-state index contributed by atoms with van der Waals surface area (Å²) in [4.78, 5) is 30.4. The van der Waals surface area contributed by atoms with Gasteiger partial charge in [-0.2, -0.15) is 4.80 Å². The van der Waals surface area contributed by atoms with E-state index < -0.39 is 10.8 Å². The van der Waals surface area contributed by atoms with Crippen LogP contribution in [0.25, 0.3) is 16.7 Å². The number of rotatable bonds is 8. The number of aromatic nitrogens is 3. The molecule has 2 heterocycles. The Morgan fingerprint density at radius 1 is 0.974 bits per heavy atom. The number of carbonyl (C=O) groups excluding carboxylic acids is 1. The third-order valence-electron chi connectivity index (χ3n) is 7.31. The molecule has 39 heavy (non-hydrogen) atoms. The van der Waals surface area contributed by atoms with Crippen LogP contribution in [0.2, 0.25) is 0 Å². The monoisotopic (exact) mass is 527 g/mol. The Balaban J connectivity index is 1.38. The highest BCUT2D eigenvalue weighted by Crippen LogP contribution is 2.32. The summed E-state index contributed by atoms with van der Waals surface area (Å²) in [5, 5.41) is 24.0. The van der Waals surface area contributed by atoms with Gasteiger partial charge in [-0.3, -0.25) is 14.9 Å². The van der Waals surface area contributed by atoms with Crippen molar-refractivity contribution in [3.05, 3.63) is 75.8 Å². The average Bonchev–Trinajstić information content (AvgIpc) is 3.37. The fraction of sp³-hybridized carbons (Fsp3) is 0.345. The topological polar surface area (TPSA) is 109 Å². The number of fused-ring (bicyclic) bond motifs is 1. The highest BCUT2D eigenvalue weighted by Gasteiger charge is 2.23. The zero-order valence-corrected chi connectivity index (χ0v) is 22.6. The molecule has 1 fully saturated rings. The molecule has 1 saturated heterocycles. The number of nitro groups is 1. The van der Waals surface area contributed by atoms with E-state index in [-0.39, 0.29) is 11.3 Å². The summed E-state index contributed by atoms with van der Waals surface area (Å²) in [6.07, 6.45) is 3.14.